The second-order valence-corrected chi connectivity index (χ2v) is 6.13. The first-order chi connectivity index (χ1) is 12.7. The van der Waals surface area contributed by atoms with E-state index in [0.29, 0.717) is 5.65 Å². The molecule has 1 N–H and O–H groups in total. The number of hydrogen-bond acceptors (Lipinski definition) is 4. The van der Waals surface area contributed by atoms with Crippen molar-refractivity contribution in [2.24, 2.45) is 0 Å². The summed E-state index contributed by atoms with van der Waals surface area (Å²) in [6, 6.07) is 18.1. The molecule has 2 aromatic heterocycles. The van der Waals surface area contributed by atoms with Crippen molar-refractivity contribution in [1.82, 2.24) is 15.2 Å². The standard InChI is InChI=1S/C21H19N3O2/c1-13-4-6-14(7-5-13)20-18-8-9-19(22-21(18)24-23-20)15-10-16(25-2)12-17(11-15)26-3/h4-12H,1-3H3,(H,22,23,24). The van der Waals surface area contributed by atoms with Crippen molar-refractivity contribution in [2.45, 2.75) is 6.92 Å². The van der Waals surface area contributed by atoms with Crippen LogP contribution >= 0.6 is 0 Å². The lowest BCUT2D eigenvalue weighted by molar-refractivity contribution is 0.394. The Labute approximate surface area is 151 Å². The number of nitrogens with zero attached hydrogens (tertiary/aromatic N) is 2. The average Bonchev–Trinajstić information content (AvgIpc) is 3.11. The molecule has 26 heavy (non-hydrogen) atoms. The summed E-state index contributed by atoms with van der Waals surface area (Å²) in [5.41, 5.74) is 5.71. The first-order valence-electron chi connectivity index (χ1n) is 8.33. The van der Waals surface area contributed by atoms with Gasteiger partial charge in [0.1, 0.15) is 11.5 Å². The average molecular weight is 345 g/mol. The minimum Gasteiger partial charge on any atom is -0.497 e. The normalized spacial score (nSPS) is 10.9. The molecule has 0 aliphatic heterocycles. The van der Waals surface area contributed by atoms with Crippen LogP contribution in [0.1, 0.15) is 5.56 Å². The number of aryl methyl sites for hydroxylation is 1. The molecule has 4 rings (SSSR count). The summed E-state index contributed by atoms with van der Waals surface area (Å²) in [7, 11) is 3.27. The Morgan fingerprint density at radius 2 is 1.50 bits per heavy atom. The molecule has 4 aromatic rings. The summed E-state index contributed by atoms with van der Waals surface area (Å²) < 4.78 is 10.7. The molecule has 0 aliphatic carbocycles. The third-order valence-electron chi connectivity index (χ3n) is 4.41. The number of nitrogens with one attached hydrogen (secondary N) is 1. The van der Waals surface area contributed by atoms with Crippen molar-refractivity contribution in [3.05, 3.63) is 60.2 Å². The number of aromatic amines is 1. The molecule has 130 valence electrons. The van der Waals surface area contributed by atoms with E-state index in [1.54, 1.807) is 14.2 Å². The number of H-pyrrole nitrogens is 1. The summed E-state index contributed by atoms with van der Waals surface area (Å²) >= 11 is 0. The van der Waals surface area contributed by atoms with Gasteiger partial charge in [-0.3, -0.25) is 5.10 Å². The predicted molar refractivity (Wildman–Crippen MR) is 103 cm³/mol. The van der Waals surface area contributed by atoms with Crippen molar-refractivity contribution in [2.75, 3.05) is 14.2 Å². The summed E-state index contributed by atoms with van der Waals surface area (Å²) in [5.74, 6) is 1.45. The molecule has 0 radical (unpaired) electrons. The lowest BCUT2D eigenvalue weighted by Crippen LogP contribution is -1.90. The number of aromatic nitrogens is 3. The van der Waals surface area contributed by atoms with E-state index in [1.807, 2.05) is 30.3 Å². The number of hydrogen-bond donors (Lipinski definition) is 1. The maximum Gasteiger partial charge on any atom is 0.182 e. The second-order valence-electron chi connectivity index (χ2n) is 6.13. The van der Waals surface area contributed by atoms with Gasteiger partial charge in [-0.15, -0.1) is 0 Å². The highest BCUT2D eigenvalue weighted by Crippen LogP contribution is 2.31. The Morgan fingerprint density at radius 1 is 0.808 bits per heavy atom. The fourth-order valence-corrected chi connectivity index (χ4v) is 2.95. The predicted octanol–water partition coefficient (Wildman–Crippen LogP) is 4.62. The van der Waals surface area contributed by atoms with Crippen LogP contribution in [0, 0.1) is 6.92 Å². The quantitative estimate of drug-likeness (QED) is 0.586. The van der Waals surface area contributed by atoms with Gasteiger partial charge in [-0.05, 0) is 31.2 Å². The fraction of sp³-hybridized carbons (Fsp3) is 0.143. The molecule has 0 spiro atoms. The largest absolute Gasteiger partial charge is 0.497 e. The van der Waals surface area contributed by atoms with E-state index in [9.17, 15) is 0 Å². The van der Waals surface area contributed by atoms with Gasteiger partial charge in [0.2, 0.25) is 0 Å². The first-order valence-corrected chi connectivity index (χ1v) is 8.33. The van der Waals surface area contributed by atoms with Gasteiger partial charge >= 0.3 is 0 Å². The van der Waals surface area contributed by atoms with Crippen LogP contribution in [-0.2, 0) is 0 Å². The molecule has 2 heterocycles. The van der Waals surface area contributed by atoms with Gasteiger partial charge in [-0.2, -0.15) is 5.10 Å². The Balaban J connectivity index is 1.79. The van der Waals surface area contributed by atoms with Crippen LogP contribution in [0.15, 0.2) is 54.6 Å². The molecule has 0 bridgehead atoms. The SMILES string of the molecule is COc1cc(OC)cc(-c2ccc3c(-c4ccc(C)cc4)[nH]nc3n2)c1. The van der Waals surface area contributed by atoms with Crippen LogP contribution in [0.4, 0.5) is 0 Å². The molecule has 0 saturated carbocycles. The highest BCUT2D eigenvalue weighted by atomic mass is 16.5. The van der Waals surface area contributed by atoms with E-state index in [0.717, 1.165) is 39.4 Å². The molecule has 2 aromatic carbocycles. The van der Waals surface area contributed by atoms with E-state index in [2.05, 4.69) is 41.4 Å². The lowest BCUT2D eigenvalue weighted by Gasteiger charge is -2.08. The molecule has 0 amide bonds. The molecular formula is C21H19N3O2. The summed E-state index contributed by atoms with van der Waals surface area (Å²) in [6.45, 7) is 2.07. The van der Waals surface area contributed by atoms with Crippen molar-refractivity contribution in [3.63, 3.8) is 0 Å². The number of benzene rings is 2. The van der Waals surface area contributed by atoms with Crippen LogP contribution in [0.2, 0.25) is 0 Å². The van der Waals surface area contributed by atoms with E-state index < -0.39 is 0 Å². The molecule has 0 aliphatic rings. The Kier molecular flexibility index (Phi) is 4.05. The van der Waals surface area contributed by atoms with Crippen LogP contribution < -0.4 is 9.47 Å². The smallest absolute Gasteiger partial charge is 0.182 e. The minimum absolute atomic E-state index is 0.680. The highest BCUT2D eigenvalue weighted by molar-refractivity contribution is 5.92. The molecule has 0 fully saturated rings. The van der Waals surface area contributed by atoms with E-state index >= 15 is 0 Å². The monoisotopic (exact) mass is 345 g/mol. The molecular weight excluding hydrogens is 326 g/mol. The molecule has 0 atom stereocenters. The van der Waals surface area contributed by atoms with Gasteiger partial charge in [0.05, 0.1) is 25.6 Å². The van der Waals surface area contributed by atoms with Gasteiger partial charge in [0, 0.05) is 22.6 Å². The second kappa shape index (κ2) is 6.52. The highest BCUT2D eigenvalue weighted by Gasteiger charge is 2.11. The first kappa shape index (κ1) is 16.1. The number of pyridine rings is 1. The summed E-state index contributed by atoms with van der Waals surface area (Å²) in [6.07, 6.45) is 0. The van der Waals surface area contributed by atoms with Crippen molar-refractivity contribution < 1.29 is 9.47 Å². The van der Waals surface area contributed by atoms with Gasteiger partial charge in [-0.25, -0.2) is 4.98 Å². The third-order valence-corrected chi connectivity index (χ3v) is 4.41. The van der Waals surface area contributed by atoms with E-state index in [4.69, 9.17) is 14.5 Å². The van der Waals surface area contributed by atoms with Crippen molar-refractivity contribution >= 4 is 11.0 Å². The topological polar surface area (TPSA) is 60.0 Å². The number of fused-ring (bicyclic) bond motifs is 1. The zero-order valence-corrected chi connectivity index (χ0v) is 14.9. The molecule has 5 nitrogen and oxygen atoms in total. The van der Waals surface area contributed by atoms with Gasteiger partial charge in [-0.1, -0.05) is 29.8 Å². The Morgan fingerprint density at radius 3 is 2.15 bits per heavy atom. The number of methoxy groups -OCH3 is 2. The van der Waals surface area contributed by atoms with Gasteiger partial charge < -0.3 is 9.47 Å². The van der Waals surface area contributed by atoms with Crippen LogP contribution in [0.5, 0.6) is 11.5 Å². The number of ether oxygens (including phenoxy) is 2. The molecule has 5 heteroatoms. The minimum atomic E-state index is 0.680. The maximum absolute atomic E-state index is 5.35. The van der Waals surface area contributed by atoms with Crippen LogP contribution in [0.25, 0.3) is 33.5 Å². The lowest BCUT2D eigenvalue weighted by atomic mass is 10.1. The number of rotatable bonds is 4. The molecule has 0 unspecified atom stereocenters. The van der Waals surface area contributed by atoms with Crippen molar-refractivity contribution in [1.29, 1.82) is 0 Å². The zero-order chi connectivity index (χ0) is 18.1. The van der Waals surface area contributed by atoms with E-state index in [1.165, 1.54) is 5.56 Å². The van der Waals surface area contributed by atoms with Crippen molar-refractivity contribution in [3.8, 4) is 34.0 Å². The maximum atomic E-state index is 5.35. The summed E-state index contributed by atoms with van der Waals surface area (Å²) in [4.78, 5) is 4.71. The van der Waals surface area contributed by atoms with Gasteiger partial charge in [0.25, 0.3) is 0 Å². The van der Waals surface area contributed by atoms with Crippen LogP contribution in [0.3, 0.4) is 0 Å². The Bertz CT molecular complexity index is 1050. The zero-order valence-electron chi connectivity index (χ0n) is 14.9. The summed E-state index contributed by atoms with van der Waals surface area (Å²) in [5, 5.41) is 8.49. The molecule has 0 saturated heterocycles. The van der Waals surface area contributed by atoms with E-state index in [-0.39, 0.29) is 0 Å². The Hall–Kier alpha value is -3.34. The van der Waals surface area contributed by atoms with Gasteiger partial charge in [0.15, 0.2) is 5.65 Å². The fourth-order valence-electron chi connectivity index (χ4n) is 2.95. The third kappa shape index (κ3) is 2.88. The van der Waals surface area contributed by atoms with Crippen LogP contribution in [-0.4, -0.2) is 29.4 Å².